The summed E-state index contributed by atoms with van der Waals surface area (Å²) in [5.74, 6) is -0.237. The Morgan fingerprint density at radius 2 is 1.93 bits per heavy atom. The number of fused-ring (bicyclic) bond motifs is 1. The molecule has 0 spiro atoms. The van der Waals surface area contributed by atoms with Crippen LogP contribution in [0.4, 0.5) is 13.2 Å². The molecule has 1 unspecified atom stereocenters. The number of rotatable bonds is 2. The highest BCUT2D eigenvalue weighted by Crippen LogP contribution is 2.37. The molecular weight excluding hydrogens is 409 g/mol. The molecule has 0 fully saturated rings. The number of hydrogen-bond donors (Lipinski definition) is 0. The quantitative estimate of drug-likeness (QED) is 0.633. The van der Waals surface area contributed by atoms with Gasteiger partial charge in [0.25, 0.3) is 11.9 Å². The molecule has 0 aliphatic carbocycles. The summed E-state index contributed by atoms with van der Waals surface area (Å²) < 4.78 is 40.9. The van der Waals surface area contributed by atoms with Gasteiger partial charge in [-0.2, -0.15) is 17.9 Å². The van der Waals surface area contributed by atoms with Crippen molar-refractivity contribution in [3.63, 3.8) is 0 Å². The zero-order valence-electron chi connectivity index (χ0n) is 15.1. The SMILES string of the molecule is CC1Cc2c(nnn2-c2ncccn2)CN1C(=O)c1cccc(C(F)(F)F)c1Cl. The molecule has 1 aliphatic heterocycles. The van der Waals surface area contributed by atoms with Crippen LogP contribution in [0.25, 0.3) is 5.95 Å². The van der Waals surface area contributed by atoms with Gasteiger partial charge >= 0.3 is 6.18 Å². The number of alkyl halides is 3. The Balaban J connectivity index is 1.66. The van der Waals surface area contributed by atoms with E-state index in [1.165, 1.54) is 21.7 Å². The van der Waals surface area contributed by atoms with Gasteiger partial charge in [-0.3, -0.25) is 4.79 Å². The highest BCUT2D eigenvalue weighted by atomic mass is 35.5. The van der Waals surface area contributed by atoms with E-state index in [4.69, 9.17) is 11.6 Å². The minimum atomic E-state index is -4.65. The van der Waals surface area contributed by atoms with Crippen LogP contribution in [0, 0.1) is 0 Å². The van der Waals surface area contributed by atoms with Crippen molar-refractivity contribution in [3.8, 4) is 5.95 Å². The summed E-state index contributed by atoms with van der Waals surface area (Å²) in [6.07, 6.45) is -1.10. The molecule has 1 aromatic carbocycles. The predicted octanol–water partition coefficient (Wildman–Crippen LogP) is 3.32. The van der Waals surface area contributed by atoms with Crippen molar-refractivity contribution in [1.29, 1.82) is 0 Å². The van der Waals surface area contributed by atoms with Crippen molar-refractivity contribution in [1.82, 2.24) is 29.9 Å². The van der Waals surface area contributed by atoms with E-state index in [1.807, 2.05) is 0 Å². The molecule has 4 rings (SSSR count). The van der Waals surface area contributed by atoms with E-state index in [1.54, 1.807) is 25.4 Å². The Kier molecular flexibility index (Phi) is 4.73. The van der Waals surface area contributed by atoms with Gasteiger partial charge in [0.2, 0.25) is 0 Å². The molecule has 11 heteroatoms. The van der Waals surface area contributed by atoms with Gasteiger partial charge in [-0.1, -0.05) is 22.9 Å². The van der Waals surface area contributed by atoms with Crippen LogP contribution in [0.3, 0.4) is 0 Å². The van der Waals surface area contributed by atoms with Gasteiger partial charge in [0, 0.05) is 24.9 Å². The minimum absolute atomic E-state index is 0.0920. The number of carbonyl (C=O) groups excluding carboxylic acids is 1. The molecular formula is C18H14ClF3N6O. The van der Waals surface area contributed by atoms with E-state index in [0.717, 1.165) is 11.8 Å². The van der Waals surface area contributed by atoms with Gasteiger partial charge < -0.3 is 4.90 Å². The van der Waals surface area contributed by atoms with Crippen molar-refractivity contribution in [3.05, 3.63) is 64.2 Å². The third-order valence-electron chi connectivity index (χ3n) is 4.72. The van der Waals surface area contributed by atoms with E-state index in [-0.39, 0.29) is 18.2 Å². The van der Waals surface area contributed by atoms with Crippen LogP contribution in [-0.4, -0.2) is 41.8 Å². The molecule has 0 bridgehead atoms. The zero-order chi connectivity index (χ0) is 20.8. The summed E-state index contributed by atoms with van der Waals surface area (Å²) in [7, 11) is 0. The lowest BCUT2D eigenvalue weighted by Crippen LogP contribution is -2.43. The number of carbonyl (C=O) groups is 1. The van der Waals surface area contributed by atoms with Crippen LogP contribution in [0.2, 0.25) is 5.02 Å². The van der Waals surface area contributed by atoms with Crippen molar-refractivity contribution >= 4 is 17.5 Å². The first-order valence-corrected chi connectivity index (χ1v) is 9.02. The molecule has 1 aliphatic rings. The Bertz CT molecular complexity index is 1070. The topological polar surface area (TPSA) is 76.8 Å². The molecule has 3 heterocycles. The molecule has 2 aromatic heterocycles. The molecule has 0 saturated heterocycles. The van der Waals surface area contributed by atoms with Crippen LogP contribution in [0.1, 0.15) is 34.2 Å². The van der Waals surface area contributed by atoms with E-state index >= 15 is 0 Å². The first-order valence-electron chi connectivity index (χ1n) is 8.65. The normalized spacial score (nSPS) is 16.6. The minimum Gasteiger partial charge on any atom is -0.329 e. The Hall–Kier alpha value is -3.01. The maximum absolute atomic E-state index is 13.1. The highest BCUT2D eigenvalue weighted by Gasteiger charge is 2.37. The lowest BCUT2D eigenvalue weighted by molar-refractivity contribution is -0.137. The fourth-order valence-electron chi connectivity index (χ4n) is 3.27. The van der Waals surface area contributed by atoms with Crippen LogP contribution >= 0.6 is 11.6 Å². The van der Waals surface area contributed by atoms with Crippen LogP contribution < -0.4 is 0 Å². The van der Waals surface area contributed by atoms with E-state index < -0.39 is 22.7 Å². The third-order valence-corrected chi connectivity index (χ3v) is 5.13. The Morgan fingerprint density at radius 1 is 1.21 bits per heavy atom. The Morgan fingerprint density at radius 3 is 2.62 bits per heavy atom. The van der Waals surface area contributed by atoms with Crippen LogP contribution in [0.15, 0.2) is 36.7 Å². The van der Waals surface area contributed by atoms with Gasteiger partial charge in [-0.05, 0) is 25.1 Å². The molecule has 1 amide bonds. The van der Waals surface area contributed by atoms with Gasteiger partial charge in [0.15, 0.2) is 0 Å². The zero-order valence-corrected chi connectivity index (χ0v) is 15.8. The van der Waals surface area contributed by atoms with Gasteiger partial charge in [0.05, 0.1) is 28.4 Å². The predicted molar refractivity (Wildman–Crippen MR) is 96.4 cm³/mol. The number of halogens is 4. The third kappa shape index (κ3) is 3.44. The van der Waals surface area contributed by atoms with E-state index in [9.17, 15) is 18.0 Å². The molecule has 0 N–H and O–H groups in total. The summed E-state index contributed by atoms with van der Waals surface area (Å²) in [6.45, 7) is 1.89. The maximum atomic E-state index is 13.1. The molecule has 3 aromatic rings. The second-order valence-corrected chi connectivity index (χ2v) is 6.97. The first-order chi connectivity index (χ1) is 13.8. The summed E-state index contributed by atoms with van der Waals surface area (Å²) in [5, 5.41) is 7.55. The number of benzene rings is 1. The smallest absolute Gasteiger partial charge is 0.329 e. The lowest BCUT2D eigenvalue weighted by atomic mass is 10.0. The molecule has 0 radical (unpaired) electrons. The average molecular weight is 423 g/mol. The van der Waals surface area contributed by atoms with Crippen molar-refractivity contribution in [2.45, 2.75) is 32.1 Å². The summed E-state index contributed by atoms with van der Waals surface area (Å²) >= 11 is 5.92. The van der Waals surface area contributed by atoms with Crippen molar-refractivity contribution < 1.29 is 18.0 Å². The molecule has 7 nitrogen and oxygen atoms in total. The van der Waals surface area contributed by atoms with Gasteiger partial charge in [-0.15, -0.1) is 5.10 Å². The second kappa shape index (κ2) is 7.11. The van der Waals surface area contributed by atoms with Crippen LogP contribution in [0.5, 0.6) is 0 Å². The number of aromatic nitrogens is 5. The highest BCUT2D eigenvalue weighted by molar-refractivity contribution is 6.34. The summed E-state index contributed by atoms with van der Waals surface area (Å²) in [6, 6.07) is 4.67. The van der Waals surface area contributed by atoms with Gasteiger partial charge in [-0.25, -0.2) is 9.97 Å². The van der Waals surface area contributed by atoms with E-state index in [0.29, 0.717) is 18.1 Å². The number of amides is 1. The molecule has 0 saturated carbocycles. The number of hydrogen-bond acceptors (Lipinski definition) is 5. The molecule has 1 atom stereocenters. The number of nitrogens with zero attached hydrogens (tertiary/aromatic N) is 6. The fourth-order valence-corrected chi connectivity index (χ4v) is 3.59. The first kappa shape index (κ1) is 19.3. The maximum Gasteiger partial charge on any atom is 0.417 e. The van der Waals surface area contributed by atoms with E-state index in [2.05, 4.69) is 20.3 Å². The van der Waals surface area contributed by atoms with Gasteiger partial charge in [0.1, 0.15) is 5.69 Å². The van der Waals surface area contributed by atoms with Crippen molar-refractivity contribution in [2.75, 3.05) is 0 Å². The largest absolute Gasteiger partial charge is 0.417 e. The monoisotopic (exact) mass is 422 g/mol. The van der Waals surface area contributed by atoms with Crippen LogP contribution in [-0.2, 0) is 19.1 Å². The fraction of sp³-hybridized carbons (Fsp3) is 0.278. The summed E-state index contributed by atoms with van der Waals surface area (Å²) in [4.78, 5) is 22.7. The van der Waals surface area contributed by atoms with Crippen molar-refractivity contribution in [2.24, 2.45) is 0 Å². The second-order valence-electron chi connectivity index (χ2n) is 6.59. The summed E-state index contributed by atoms with van der Waals surface area (Å²) in [5.41, 5.74) is 0.0491. The average Bonchev–Trinajstić information content (AvgIpc) is 3.09. The Labute approximate surface area is 168 Å². The molecule has 29 heavy (non-hydrogen) atoms. The lowest BCUT2D eigenvalue weighted by Gasteiger charge is -2.33. The molecule has 150 valence electrons. The standard InChI is InChI=1S/C18H14ClF3N6O/c1-10-8-14-13(25-26-28(14)17-23-6-3-7-24-17)9-27(10)16(29)11-4-2-5-12(15(11)19)18(20,21)22/h2-7,10H,8-9H2,1H3.